The lowest BCUT2D eigenvalue weighted by Gasteiger charge is -2.10. The van der Waals surface area contributed by atoms with E-state index < -0.39 is 6.10 Å². The van der Waals surface area contributed by atoms with Crippen LogP contribution in [0, 0.1) is 0 Å². The van der Waals surface area contributed by atoms with Crippen molar-refractivity contribution < 1.29 is 9.84 Å². The van der Waals surface area contributed by atoms with Gasteiger partial charge in [0.1, 0.15) is 18.5 Å². The second-order valence-electron chi connectivity index (χ2n) is 3.40. The van der Waals surface area contributed by atoms with Gasteiger partial charge in [0.05, 0.1) is 0 Å². The van der Waals surface area contributed by atoms with Gasteiger partial charge in [0.25, 0.3) is 0 Å². The fourth-order valence-electron chi connectivity index (χ4n) is 1.44. The van der Waals surface area contributed by atoms with Crippen LogP contribution in [0.5, 0.6) is 5.75 Å². The van der Waals surface area contributed by atoms with Crippen LogP contribution < -0.4 is 10.5 Å². The van der Waals surface area contributed by atoms with Crippen LogP contribution in [0.3, 0.4) is 0 Å². The molecule has 4 heteroatoms. The molecule has 0 radical (unpaired) electrons. The minimum Gasteiger partial charge on any atom is -0.490 e. The highest BCUT2D eigenvalue weighted by Gasteiger charge is 2.05. The van der Waals surface area contributed by atoms with Gasteiger partial charge < -0.3 is 20.6 Å². The summed E-state index contributed by atoms with van der Waals surface area (Å²) in [7, 11) is 0. The summed E-state index contributed by atoms with van der Waals surface area (Å²) >= 11 is 0. The maximum absolute atomic E-state index is 9.28. The number of fused-ring (bicyclic) bond motifs is 1. The molecule has 0 spiro atoms. The lowest BCUT2D eigenvalue weighted by atomic mass is 10.2. The van der Waals surface area contributed by atoms with Gasteiger partial charge in [-0.2, -0.15) is 0 Å². The lowest BCUT2D eigenvalue weighted by molar-refractivity contribution is 0.115. The molecule has 0 fully saturated rings. The quantitative estimate of drug-likeness (QED) is 0.695. The Labute approximate surface area is 87.7 Å². The number of nitrogens with one attached hydrogen (secondary N) is 1. The Bertz CT molecular complexity index is 439. The van der Waals surface area contributed by atoms with Crippen LogP contribution in [-0.4, -0.2) is 29.3 Å². The van der Waals surface area contributed by atoms with Gasteiger partial charge in [0.15, 0.2) is 0 Å². The molecule has 4 nitrogen and oxygen atoms in total. The summed E-state index contributed by atoms with van der Waals surface area (Å²) in [5, 5.41) is 10.3. The maximum Gasteiger partial charge on any atom is 0.128 e. The van der Waals surface area contributed by atoms with Crippen molar-refractivity contribution in [3.05, 3.63) is 30.5 Å². The molecule has 0 aliphatic carbocycles. The van der Waals surface area contributed by atoms with Crippen molar-refractivity contribution in [2.75, 3.05) is 13.2 Å². The smallest absolute Gasteiger partial charge is 0.128 e. The predicted octanol–water partition coefficient (Wildman–Crippen LogP) is 0.866. The van der Waals surface area contributed by atoms with Crippen molar-refractivity contribution in [2.45, 2.75) is 6.10 Å². The third kappa shape index (κ3) is 2.11. The van der Waals surface area contributed by atoms with E-state index in [1.807, 2.05) is 30.5 Å². The van der Waals surface area contributed by atoms with Crippen LogP contribution in [-0.2, 0) is 0 Å². The maximum atomic E-state index is 9.28. The van der Waals surface area contributed by atoms with Crippen molar-refractivity contribution >= 4 is 10.9 Å². The van der Waals surface area contributed by atoms with Gasteiger partial charge in [-0.05, 0) is 18.2 Å². The summed E-state index contributed by atoms with van der Waals surface area (Å²) in [6, 6.07) is 7.70. The monoisotopic (exact) mass is 206 g/mol. The van der Waals surface area contributed by atoms with Crippen LogP contribution in [0.15, 0.2) is 30.5 Å². The third-order valence-corrected chi connectivity index (χ3v) is 2.26. The fraction of sp³-hybridized carbons (Fsp3) is 0.273. The second-order valence-corrected chi connectivity index (χ2v) is 3.40. The standard InChI is InChI=1S/C11H14N2O2/c12-6-8(14)7-15-11-3-1-2-10-9(11)4-5-13-10/h1-5,8,13-14H,6-7,12H2. The number of rotatable bonds is 4. The Morgan fingerprint density at radius 3 is 3.07 bits per heavy atom. The first-order valence-electron chi connectivity index (χ1n) is 4.88. The Morgan fingerprint density at radius 2 is 2.27 bits per heavy atom. The molecule has 80 valence electrons. The molecular formula is C11H14N2O2. The number of hydrogen-bond acceptors (Lipinski definition) is 3. The van der Waals surface area contributed by atoms with Gasteiger partial charge in [0.2, 0.25) is 0 Å². The predicted molar refractivity (Wildman–Crippen MR) is 58.9 cm³/mol. The van der Waals surface area contributed by atoms with E-state index in [4.69, 9.17) is 10.5 Å². The first-order valence-corrected chi connectivity index (χ1v) is 4.88. The molecule has 2 rings (SSSR count). The summed E-state index contributed by atoms with van der Waals surface area (Å²) in [6.45, 7) is 0.434. The van der Waals surface area contributed by atoms with Gasteiger partial charge >= 0.3 is 0 Å². The van der Waals surface area contributed by atoms with Gasteiger partial charge in [-0.3, -0.25) is 0 Å². The molecule has 0 aliphatic heterocycles. The molecule has 2 aromatic rings. The van der Waals surface area contributed by atoms with E-state index in [2.05, 4.69) is 4.98 Å². The van der Waals surface area contributed by atoms with E-state index in [9.17, 15) is 5.11 Å². The molecule has 1 aromatic carbocycles. The van der Waals surface area contributed by atoms with E-state index in [1.54, 1.807) is 0 Å². The molecule has 1 atom stereocenters. The summed E-state index contributed by atoms with van der Waals surface area (Å²) in [4.78, 5) is 3.09. The highest BCUT2D eigenvalue weighted by Crippen LogP contribution is 2.24. The van der Waals surface area contributed by atoms with E-state index in [-0.39, 0.29) is 13.2 Å². The molecule has 0 aliphatic rings. The average Bonchev–Trinajstić information content (AvgIpc) is 2.74. The Hall–Kier alpha value is -1.52. The minimum atomic E-state index is -0.612. The molecule has 0 saturated heterocycles. The molecule has 0 bridgehead atoms. The topological polar surface area (TPSA) is 71.3 Å². The van der Waals surface area contributed by atoms with Crippen LogP contribution >= 0.6 is 0 Å². The number of aromatic nitrogens is 1. The Kier molecular flexibility index (Phi) is 2.89. The molecule has 0 saturated carbocycles. The highest BCUT2D eigenvalue weighted by atomic mass is 16.5. The summed E-state index contributed by atoms with van der Waals surface area (Å²) < 4.78 is 5.48. The Morgan fingerprint density at radius 1 is 1.40 bits per heavy atom. The van der Waals surface area contributed by atoms with Crippen molar-refractivity contribution in [1.29, 1.82) is 0 Å². The number of benzene rings is 1. The first-order chi connectivity index (χ1) is 7.31. The number of aliphatic hydroxyl groups excluding tert-OH is 1. The van der Waals surface area contributed by atoms with E-state index in [1.165, 1.54) is 0 Å². The minimum absolute atomic E-state index is 0.211. The molecule has 1 unspecified atom stereocenters. The van der Waals surface area contributed by atoms with Gasteiger partial charge in [-0.25, -0.2) is 0 Å². The van der Waals surface area contributed by atoms with Gasteiger partial charge in [0, 0.05) is 23.6 Å². The van der Waals surface area contributed by atoms with Crippen LogP contribution in [0.1, 0.15) is 0 Å². The number of aromatic amines is 1. The zero-order valence-corrected chi connectivity index (χ0v) is 8.31. The zero-order valence-electron chi connectivity index (χ0n) is 8.31. The number of nitrogens with two attached hydrogens (primary N) is 1. The van der Waals surface area contributed by atoms with Crippen LogP contribution in [0.2, 0.25) is 0 Å². The molecule has 1 heterocycles. The fourth-order valence-corrected chi connectivity index (χ4v) is 1.44. The Balaban J connectivity index is 2.17. The van der Waals surface area contributed by atoms with E-state index >= 15 is 0 Å². The van der Waals surface area contributed by atoms with Gasteiger partial charge in [-0.1, -0.05) is 6.07 Å². The van der Waals surface area contributed by atoms with Gasteiger partial charge in [-0.15, -0.1) is 0 Å². The molecule has 0 amide bonds. The molecule has 15 heavy (non-hydrogen) atoms. The normalized spacial score (nSPS) is 12.9. The van der Waals surface area contributed by atoms with Crippen LogP contribution in [0.4, 0.5) is 0 Å². The average molecular weight is 206 g/mol. The van der Waals surface area contributed by atoms with Crippen LogP contribution in [0.25, 0.3) is 10.9 Å². The highest BCUT2D eigenvalue weighted by molar-refractivity contribution is 5.85. The van der Waals surface area contributed by atoms with E-state index in [0.29, 0.717) is 0 Å². The van der Waals surface area contributed by atoms with Crippen molar-refractivity contribution in [3.63, 3.8) is 0 Å². The first kappa shape index (κ1) is 10.0. The molecule has 1 aromatic heterocycles. The number of hydrogen-bond donors (Lipinski definition) is 3. The zero-order chi connectivity index (χ0) is 10.7. The number of aliphatic hydroxyl groups is 1. The van der Waals surface area contributed by atoms with Crippen molar-refractivity contribution in [2.24, 2.45) is 5.73 Å². The summed E-state index contributed by atoms with van der Waals surface area (Å²) in [6.07, 6.45) is 1.25. The largest absolute Gasteiger partial charge is 0.490 e. The molecular weight excluding hydrogens is 192 g/mol. The van der Waals surface area contributed by atoms with Crippen molar-refractivity contribution in [3.8, 4) is 5.75 Å². The second kappa shape index (κ2) is 4.33. The molecule has 4 N–H and O–H groups in total. The van der Waals surface area contributed by atoms with Crippen molar-refractivity contribution in [1.82, 2.24) is 4.98 Å². The number of H-pyrrole nitrogens is 1. The SMILES string of the molecule is NCC(O)COc1cccc2[nH]ccc12. The summed E-state index contributed by atoms with van der Waals surface area (Å²) in [5.41, 5.74) is 6.32. The van der Waals surface area contributed by atoms with E-state index in [0.717, 1.165) is 16.7 Å². The summed E-state index contributed by atoms with van der Waals surface area (Å²) in [5.74, 6) is 0.765. The third-order valence-electron chi connectivity index (χ3n) is 2.26. The lowest BCUT2D eigenvalue weighted by Crippen LogP contribution is -2.26. The number of ether oxygens (including phenoxy) is 1.